The highest BCUT2D eigenvalue weighted by Gasteiger charge is 2.16. The van der Waals surface area contributed by atoms with Crippen LogP contribution in [-0.4, -0.2) is 17.3 Å². The molecule has 1 heterocycles. The molecule has 0 fully saturated rings. The van der Waals surface area contributed by atoms with Crippen molar-refractivity contribution in [2.24, 2.45) is 5.73 Å². The van der Waals surface area contributed by atoms with Crippen LogP contribution < -0.4 is 5.73 Å². The average molecular weight is 217 g/mol. The molecular formula is C13H19N3. The van der Waals surface area contributed by atoms with E-state index in [0.29, 0.717) is 5.84 Å². The van der Waals surface area contributed by atoms with Crippen molar-refractivity contribution in [1.29, 1.82) is 5.41 Å². The van der Waals surface area contributed by atoms with Crippen molar-refractivity contribution in [2.75, 3.05) is 6.54 Å². The molecule has 3 nitrogen and oxygen atoms in total. The predicted molar refractivity (Wildman–Crippen MR) is 66.3 cm³/mol. The fourth-order valence-electron chi connectivity index (χ4n) is 2.21. The molecule has 86 valence electrons. The van der Waals surface area contributed by atoms with Gasteiger partial charge in [0.1, 0.15) is 0 Å². The Morgan fingerprint density at radius 1 is 1.19 bits per heavy atom. The van der Waals surface area contributed by atoms with Gasteiger partial charge in [-0.3, -0.25) is 10.3 Å². The van der Waals surface area contributed by atoms with E-state index in [2.05, 4.69) is 29.2 Å². The summed E-state index contributed by atoms with van der Waals surface area (Å²) in [7, 11) is 0. The van der Waals surface area contributed by atoms with Crippen molar-refractivity contribution in [3.63, 3.8) is 0 Å². The molecular weight excluding hydrogens is 198 g/mol. The lowest BCUT2D eigenvalue weighted by molar-refractivity contribution is 0.278. The zero-order valence-electron chi connectivity index (χ0n) is 9.58. The highest BCUT2D eigenvalue weighted by atomic mass is 15.1. The molecule has 1 aromatic rings. The Bertz CT molecular complexity index is 348. The second-order valence-electron chi connectivity index (χ2n) is 4.46. The summed E-state index contributed by atoms with van der Waals surface area (Å²) in [6.45, 7) is 3.27. The van der Waals surface area contributed by atoms with E-state index >= 15 is 0 Å². The third-order valence-corrected chi connectivity index (χ3v) is 3.08. The van der Waals surface area contributed by atoms with Crippen LogP contribution in [0.2, 0.25) is 0 Å². The van der Waals surface area contributed by atoms with Crippen LogP contribution in [0, 0.1) is 5.41 Å². The van der Waals surface area contributed by atoms with E-state index in [1.807, 2.05) is 0 Å². The Hall–Kier alpha value is -1.35. The lowest BCUT2D eigenvalue weighted by Crippen LogP contribution is -2.18. The van der Waals surface area contributed by atoms with Gasteiger partial charge in [0.2, 0.25) is 0 Å². The first kappa shape index (κ1) is 11.1. The number of hydrogen-bond donors (Lipinski definition) is 2. The summed E-state index contributed by atoms with van der Waals surface area (Å²) in [5, 5.41) is 7.15. The largest absolute Gasteiger partial charge is 0.388 e. The number of nitrogens with one attached hydrogen (secondary N) is 1. The third kappa shape index (κ3) is 2.83. The second-order valence-corrected chi connectivity index (χ2v) is 4.46. The minimum absolute atomic E-state index is 0.310. The van der Waals surface area contributed by atoms with Gasteiger partial charge in [-0.15, -0.1) is 0 Å². The van der Waals surface area contributed by atoms with Crippen LogP contribution in [0.5, 0.6) is 0 Å². The van der Waals surface area contributed by atoms with Gasteiger partial charge in [0, 0.05) is 19.5 Å². The minimum Gasteiger partial charge on any atom is -0.388 e. The molecule has 1 aromatic carbocycles. The van der Waals surface area contributed by atoms with Gasteiger partial charge in [-0.2, -0.15) is 0 Å². The van der Waals surface area contributed by atoms with Gasteiger partial charge >= 0.3 is 0 Å². The molecule has 0 saturated carbocycles. The summed E-state index contributed by atoms with van der Waals surface area (Å²) in [4.78, 5) is 2.46. The summed E-state index contributed by atoms with van der Waals surface area (Å²) < 4.78 is 0. The summed E-state index contributed by atoms with van der Waals surface area (Å²) in [6.07, 6.45) is 2.90. The van der Waals surface area contributed by atoms with Crippen LogP contribution in [0.15, 0.2) is 24.3 Å². The van der Waals surface area contributed by atoms with Crippen LogP contribution >= 0.6 is 0 Å². The van der Waals surface area contributed by atoms with Crippen LogP contribution in [0.25, 0.3) is 0 Å². The first-order valence-corrected chi connectivity index (χ1v) is 5.88. The third-order valence-electron chi connectivity index (χ3n) is 3.08. The molecule has 0 amide bonds. The quantitative estimate of drug-likeness (QED) is 0.451. The Kier molecular flexibility index (Phi) is 3.57. The number of nitrogens with two attached hydrogens (primary N) is 1. The molecule has 3 heteroatoms. The van der Waals surface area contributed by atoms with E-state index in [1.54, 1.807) is 0 Å². The van der Waals surface area contributed by atoms with Crippen molar-refractivity contribution in [2.45, 2.75) is 32.4 Å². The second kappa shape index (κ2) is 5.12. The summed E-state index contributed by atoms with van der Waals surface area (Å²) >= 11 is 0. The topological polar surface area (TPSA) is 53.1 Å². The molecule has 1 aliphatic rings. The number of fused-ring (bicyclic) bond motifs is 1. The maximum Gasteiger partial charge on any atom is 0.0905 e. The lowest BCUT2D eigenvalue weighted by atomic mass is 10.1. The van der Waals surface area contributed by atoms with Crippen molar-refractivity contribution in [3.8, 4) is 0 Å². The SMILES string of the molecule is N=C(N)CCCCN1Cc2ccccc2C1. The van der Waals surface area contributed by atoms with Gasteiger partial charge in [-0.1, -0.05) is 24.3 Å². The zero-order valence-corrected chi connectivity index (χ0v) is 9.58. The van der Waals surface area contributed by atoms with E-state index in [4.69, 9.17) is 11.1 Å². The highest BCUT2D eigenvalue weighted by Crippen LogP contribution is 2.22. The molecule has 0 aromatic heterocycles. The molecule has 0 radical (unpaired) electrons. The molecule has 0 atom stereocenters. The van der Waals surface area contributed by atoms with Crippen LogP contribution in [-0.2, 0) is 13.1 Å². The van der Waals surface area contributed by atoms with Gasteiger partial charge in [0.05, 0.1) is 5.84 Å². The van der Waals surface area contributed by atoms with E-state index in [0.717, 1.165) is 38.9 Å². The number of nitrogens with zero attached hydrogens (tertiary/aromatic N) is 1. The molecule has 1 aliphatic heterocycles. The Balaban J connectivity index is 1.73. The fraction of sp³-hybridized carbons (Fsp3) is 0.462. The molecule has 0 aliphatic carbocycles. The number of amidine groups is 1. The van der Waals surface area contributed by atoms with E-state index in [1.165, 1.54) is 11.1 Å². The van der Waals surface area contributed by atoms with Crippen molar-refractivity contribution in [1.82, 2.24) is 4.90 Å². The number of unbranched alkanes of at least 4 members (excludes halogenated alkanes) is 1. The van der Waals surface area contributed by atoms with E-state index < -0.39 is 0 Å². The maximum atomic E-state index is 7.15. The van der Waals surface area contributed by atoms with Crippen molar-refractivity contribution in [3.05, 3.63) is 35.4 Å². The normalized spacial score (nSPS) is 15.0. The fourth-order valence-corrected chi connectivity index (χ4v) is 2.21. The van der Waals surface area contributed by atoms with Crippen molar-refractivity contribution < 1.29 is 0 Å². The summed E-state index contributed by atoms with van der Waals surface area (Å²) in [6, 6.07) is 8.64. The van der Waals surface area contributed by atoms with E-state index in [9.17, 15) is 0 Å². The average Bonchev–Trinajstić information content (AvgIpc) is 2.66. The van der Waals surface area contributed by atoms with Crippen molar-refractivity contribution >= 4 is 5.84 Å². The lowest BCUT2D eigenvalue weighted by Gasteiger charge is -2.13. The van der Waals surface area contributed by atoms with Gasteiger partial charge in [0.25, 0.3) is 0 Å². The minimum atomic E-state index is 0.310. The molecule has 0 spiro atoms. The monoisotopic (exact) mass is 217 g/mol. The number of hydrogen-bond acceptors (Lipinski definition) is 2. The van der Waals surface area contributed by atoms with E-state index in [-0.39, 0.29) is 0 Å². The molecule has 0 saturated heterocycles. The molecule has 0 unspecified atom stereocenters. The van der Waals surface area contributed by atoms with Gasteiger partial charge in [-0.05, 0) is 30.5 Å². The summed E-state index contributed by atoms with van der Waals surface area (Å²) in [5.41, 5.74) is 8.26. The standard InChI is InChI=1S/C13H19N3/c14-13(15)7-3-4-8-16-9-11-5-1-2-6-12(11)10-16/h1-2,5-6H,3-4,7-10H2,(H3,14,15). The first-order chi connectivity index (χ1) is 7.75. The first-order valence-electron chi connectivity index (χ1n) is 5.88. The van der Waals surface area contributed by atoms with Crippen LogP contribution in [0.1, 0.15) is 30.4 Å². The predicted octanol–water partition coefficient (Wildman–Crippen LogP) is 2.11. The number of rotatable bonds is 5. The molecule has 3 N–H and O–H groups in total. The highest BCUT2D eigenvalue weighted by molar-refractivity contribution is 5.76. The Morgan fingerprint density at radius 3 is 2.38 bits per heavy atom. The molecule has 16 heavy (non-hydrogen) atoms. The molecule has 2 rings (SSSR count). The van der Waals surface area contributed by atoms with Gasteiger partial charge in [0.15, 0.2) is 0 Å². The number of benzene rings is 1. The maximum absolute atomic E-state index is 7.15. The summed E-state index contributed by atoms with van der Waals surface area (Å²) in [5.74, 6) is 0.310. The van der Waals surface area contributed by atoms with Crippen LogP contribution in [0.3, 0.4) is 0 Å². The van der Waals surface area contributed by atoms with Gasteiger partial charge in [-0.25, -0.2) is 0 Å². The zero-order chi connectivity index (χ0) is 11.4. The Labute approximate surface area is 96.8 Å². The molecule has 0 bridgehead atoms. The Morgan fingerprint density at radius 2 is 1.81 bits per heavy atom. The van der Waals surface area contributed by atoms with Gasteiger partial charge < -0.3 is 5.73 Å². The van der Waals surface area contributed by atoms with Crippen LogP contribution in [0.4, 0.5) is 0 Å². The smallest absolute Gasteiger partial charge is 0.0905 e.